The molecule has 132 valence electrons. The van der Waals surface area contributed by atoms with Gasteiger partial charge in [-0.05, 0) is 26.0 Å². The van der Waals surface area contributed by atoms with Gasteiger partial charge in [-0.1, -0.05) is 0 Å². The zero-order valence-electron chi connectivity index (χ0n) is 14.2. The van der Waals surface area contributed by atoms with Crippen molar-refractivity contribution >= 4 is 17.8 Å². The summed E-state index contributed by atoms with van der Waals surface area (Å²) in [6.07, 6.45) is 4.40. The average Bonchev–Trinajstić information content (AvgIpc) is 3.11. The maximum atomic E-state index is 12.5. The highest BCUT2D eigenvalue weighted by Gasteiger charge is 2.44. The molecule has 1 N–H and O–H groups in total. The Labute approximate surface area is 149 Å². The summed E-state index contributed by atoms with van der Waals surface area (Å²) < 4.78 is 5.49. The normalized spacial score (nSPS) is 19.7. The summed E-state index contributed by atoms with van der Waals surface area (Å²) in [5, 5.41) is 12.2. The van der Waals surface area contributed by atoms with E-state index in [2.05, 4.69) is 26.3 Å². The number of pyridine rings is 1. The molecule has 4 amide bonds. The number of urea groups is 2. The molecule has 0 saturated heterocycles. The van der Waals surface area contributed by atoms with E-state index in [9.17, 15) is 14.9 Å². The van der Waals surface area contributed by atoms with E-state index in [0.717, 1.165) is 4.90 Å². The Morgan fingerprint density at radius 1 is 1.50 bits per heavy atom. The zero-order chi connectivity index (χ0) is 18.7. The fraction of sp³-hybridized carbons (Fsp3) is 0.294. The van der Waals surface area contributed by atoms with Crippen molar-refractivity contribution in [3.63, 3.8) is 0 Å². The molecule has 1 aliphatic heterocycles. The molecule has 0 saturated carbocycles. The molecule has 2 aromatic heterocycles. The molecular formula is C17H16N6O3. The molecule has 9 heteroatoms. The Balaban J connectivity index is 2.15. The van der Waals surface area contributed by atoms with Gasteiger partial charge in [0.15, 0.2) is 12.2 Å². The van der Waals surface area contributed by atoms with Gasteiger partial charge in [-0.2, -0.15) is 5.26 Å². The van der Waals surface area contributed by atoms with Gasteiger partial charge in [0.2, 0.25) is 0 Å². The Morgan fingerprint density at radius 2 is 2.31 bits per heavy atom. The largest absolute Gasteiger partial charge is 0.443 e. The lowest BCUT2D eigenvalue weighted by Crippen LogP contribution is -2.50. The van der Waals surface area contributed by atoms with Crippen LogP contribution in [0.4, 0.5) is 9.59 Å². The van der Waals surface area contributed by atoms with Crippen LogP contribution in [0.2, 0.25) is 0 Å². The minimum atomic E-state index is -0.953. The maximum absolute atomic E-state index is 12.5. The summed E-state index contributed by atoms with van der Waals surface area (Å²) in [7, 11) is 0. The second-order valence-electron chi connectivity index (χ2n) is 5.60. The SMILES string of the molecule is CCNC(=O)N1C(=O)N=C(C)C(C#N)C1c1ncoc1-c1cccnc1. The third kappa shape index (κ3) is 2.93. The number of oxazole rings is 1. The monoisotopic (exact) mass is 352 g/mol. The topological polar surface area (TPSA) is 124 Å². The number of carbonyl (C=O) groups excluding carboxylic acids is 2. The molecule has 0 spiro atoms. The van der Waals surface area contributed by atoms with Crippen LogP contribution < -0.4 is 5.32 Å². The van der Waals surface area contributed by atoms with E-state index in [4.69, 9.17) is 4.42 Å². The van der Waals surface area contributed by atoms with E-state index in [1.165, 1.54) is 6.39 Å². The van der Waals surface area contributed by atoms with E-state index in [0.29, 0.717) is 29.3 Å². The number of aromatic nitrogens is 2. The zero-order valence-corrected chi connectivity index (χ0v) is 14.2. The van der Waals surface area contributed by atoms with Gasteiger partial charge in [0, 0.05) is 30.2 Å². The lowest BCUT2D eigenvalue weighted by molar-refractivity contribution is 0.166. The smallest absolute Gasteiger partial charge is 0.352 e. The van der Waals surface area contributed by atoms with Crippen LogP contribution in [0.1, 0.15) is 25.6 Å². The number of carbonyl (C=O) groups is 2. The number of nitrogens with zero attached hydrogens (tertiary/aromatic N) is 5. The molecular weight excluding hydrogens is 336 g/mol. The summed E-state index contributed by atoms with van der Waals surface area (Å²) >= 11 is 0. The molecule has 0 aromatic carbocycles. The fourth-order valence-corrected chi connectivity index (χ4v) is 2.84. The third-order valence-corrected chi connectivity index (χ3v) is 4.01. The van der Waals surface area contributed by atoms with Crippen LogP contribution in [0, 0.1) is 17.2 Å². The molecule has 1 aliphatic rings. The summed E-state index contributed by atoms with van der Waals surface area (Å²) in [5.74, 6) is -0.490. The highest BCUT2D eigenvalue weighted by Crippen LogP contribution is 2.38. The second-order valence-corrected chi connectivity index (χ2v) is 5.60. The first-order chi connectivity index (χ1) is 12.6. The standard InChI is InChI=1S/C17H16N6O3/c1-3-20-16(24)23-14(12(7-18)10(2)22-17(23)25)13-15(26-9-21-13)11-5-4-6-19-8-11/h4-6,8-9,12,14H,3H2,1-2H3,(H,20,24). The molecule has 26 heavy (non-hydrogen) atoms. The van der Waals surface area contributed by atoms with Crippen LogP contribution >= 0.6 is 0 Å². The number of hydrogen-bond donors (Lipinski definition) is 1. The summed E-state index contributed by atoms with van der Waals surface area (Å²) in [5.41, 5.74) is 1.25. The number of amides is 4. The van der Waals surface area contributed by atoms with Gasteiger partial charge in [-0.15, -0.1) is 0 Å². The van der Waals surface area contributed by atoms with Crippen molar-refractivity contribution in [2.24, 2.45) is 10.9 Å². The average molecular weight is 352 g/mol. The van der Waals surface area contributed by atoms with Gasteiger partial charge in [-0.3, -0.25) is 4.98 Å². The Morgan fingerprint density at radius 3 is 2.96 bits per heavy atom. The van der Waals surface area contributed by atoms with Crippen molar-refractivity contribution < 1.29 is 14.0 Å². The summed E-state index contributed by atoms with van der Waals surface area (Å²) in [4.78, 5) is 37.9. The van der Waals surface area contributed by atoms with Crippen molar-refractivity contribution in [2.45, 2.75) is 19.9 Å². The molecule has 2 aromatic rings. The highest BCUT2D eigenvalue weighted by atomic mass is 16.3. The van der Waals surface area contributed by atoms with E-state index >= 15 is 0 Å². The minimum Gasteiger partial charge on any atom is -0.443 e. The molecule has 2 unspecified atom stereocenters. The number of imide groups is 1. The van der Waals surface area contributed by atoms with Gasteiger partial charge >= 0.3 is 12.1 Å². The van der Waals surface area contributed by atoms with Crippen LogP contribution in [0.5, 0.6) is 0 Å². The van der Waals surface area contributed by atoms with Crippen LogP contribution in [0.3, 0.4) is 0 Å². The molecule has 3 heterocycles. The summed E-state index contributed by atoms with van der Waals surface area (Å²) in [6, 6.07) is 3.27. The molecule has 3 rings (SSSR count). The van der Waals surface area contributed by atoms with Gasteiger partial charge in [0.05, 0.1) is 6.07 Å². The van der Waals surface area contributed by atoms with Crippen LogP contribution in [0.15, 0.2) is 40.3 Å². The van der Waals surface area contributed by atoms with Crippen molar-refractivity contribution in [3.8, 4) is 17.4 Å². The van der Waals surface area contributed by atoms with Gasteiger partial charge in [0.25, 0.3) is 0 Å². The van der Waals surface area contributed by atoms with Crippen molar-refractivity contribution in [3.05, 3.63) is 36.6 Å². The fourth-order valence-electron chi connectivity index (χ4n) is 2.84. The predicted molar refractivity (Wildman–Crippen MR) is 91.0 cm³/mol. The lowest BCUT2D eigenvalue weighted by atomic mass is 9.89. The first-order valence-corrected chi connectivity index (χ1v) is 7.98. The Kier molecular flexibility index (Phi) is 4.75. The highest BCUT2D eigenvalue weighted by molar-refractivity contribution is 6.05. The first-order valence-electron chi connectivity index (χ1n) is 7.98. The van der Waals surface area contributed by atoms with Gasteiger partial charge in [0.1, 0.15) is 17.7 Å². The number of nitrogens with one attached hydrogen (secondary N) is 1. The molecule has 0 radical (unpaired) electrons. The van der Waals surface area contributed by atoms with E-state index in [1.807, 2.05) is 0 Å². The third-order valence-electron chi connectivity index (χ3n) is 4.01. The second kappa shape index (κ2) is 7.14. The van der Waals surface area contributed by atoms with Crippen molar-refractivity contribution in [2.75, 3.05) is 6.54 Å². The Bertz CT molecular complexity index is 899. The number of hydrogen-bond acceptors (Lipinski definition) is 6. The summed E-state index contributed by atoms with van der Waals surface area (Å²) in [6.45, 7) is 3.63. The number of rotatable bonds is 3. The quantitative estimate of drug-likeness (QED) is 0.905. The van der Waals surface area contributed by atoms with E-state index in [-0.39, 0.29) is 0 Å². The lowest BCUT2D eigenvalue weighted by Gasteiger charge is -2.34. The maximum Gasteiger partial charge on any atom is 0.352 e. The molecule has 2 atom stereocenters. The predicted octanol–water partition coefficient (Wildman–Crippen LogP) is 2.54. The van der Waals surface area contributed by atoms with Crippen LogP contribution in [-0.4, -0.2) is 39.2 Å². The number of nitriles is 1. The Hall–Kier alpha value is -3.54. The minimum absolute atomic E-state index is 0.304. The molecule has 0 bridgehead atoms. The molecule has 0 aliphatic carbocycles. The van der Waals surface area contributed by atoms with Gasteiger partial charge in [-0.25, -0.2) is 24.5 Å². The van der Waals surface area contributed by atoms with E-state index < -0.39 is 24.0 Å². The van der Waals surface area contributed by atoms with Crippen molar-refractivity contribution in [1.82, 2.24) is 20.2 Å². The first kappa shape index (κ1) is 17.3. The van der Waals surface area contributed by atoms with Crippen molar-refractivity contribution in [1.29, 1.82) is 5.26 Å². The molecule has 9 nitrogen and oxygen atoms in total. The van der Waals surface area contributed by atoms with Crippen LogP contribution in [0.25, 0.3) is 11.3 Å². The number of aliphatic imine (C=N–C) groups is 1. The van der Waals surface area contributed by atoms with Crippen LogP contribution in [-0.2, 0) is 0 Å². The van der Waals surface area contributed by atoms with Gasteiger partial charge < -0.3 is 9.73 Å². The van der Waals surface area contributed by atoms with E-state index in [1.54, 1.807) is 38.4 Å². The molecule has 0 fully saturated rings.